The highest BCUT2D eigenvalue weighted by molar-refractivity contribution is 7.89. The molecule has 4 rings (SSSR count). The van der Waals surface area contributed by atoms with Crippen LogP contribution in [-0.2, 0) is 22.7 Å². The van der Waals surface area contributed by atoms with Crippen LogP contribution in [0.5, 0.6) is 0 Å². The van der Waals surface area contributed by atoms with Crippen LogP contribution < -0.4 is 4.72 Å². The molecule has 1 saturated heterocycles. The molecule has 1 aliphatic rings. The Morgan fingerprint density at radius 1 is 1.03 bits per heavy atom. The van der Waals surface area contributed by atoms with Gasteiger partial charge in [0, 0.05) is 25.7 Å². The Morgan fingerprint density at radius 2 is 1.75 bits per heavy atom. The fraction of sp³-hybridized carbons (Fsp3) is 0.318. The average molecular weight is 465 g/mol. The molecule has 0 saturated carbocycles. The number of benzene rings is 2. The van der Waals surface area contributed by atoms with Gasteiger partial charge in [0.25, 0.3) is 0 Å². The Balaban J connectivity index is 1.33. The molecular weight excluding hydrogens is 441 g/mol. The van der Waals surface area contributed by atoms with E-state index in [2.05, 4.69) is 9.82 Å². The molecule has 0 radical (unpaired) electrons. The number of para-hydroxylation sites is 1. The molecule has 3 aromatic rings. The summed E-state index contributed by atoms with van der Waals surface area (Å²) in [5, 5.41) is 4.14. The summed E-state index contributed by atoms with van der Waals surface area (Å²) < 4.78 is 68.5. The summed E-state index contributed by atoms with van der Waals surface area (Å²) in [6, 6.07) is 14.3. The maximum Gasteiger partial charge on any atom is 0.416 e. The van der Waals surface area contributed by atoms with E-state index in [1.54, 1.807) is 6.07 Å². The first-order valence-corrected chi connectivity index (χ1v) is 11.7. The third-order valence-corrected chi connectivity index (χ3v) is 6.93. The molecule has 0 aliphatic carbocycles. The molecule has 1 aliphatic heterocycles. The lowest BCUT2D eigenvalue weighted by Gasteiger charge is -2.32. The molecule has 0 unspecified atom stereocenters. The molecule has 1 aromatic heterocycles. The molecule has 1 N–H and O–H groups in total. The van der Waals surface area contributed by atoms with Crippen LogP contribution in [0.1, 0.15) is 24.0 Å². The molecule has 6 nitrogen and oxygen atoms in total. The molecule has 170 valence electrons. The lowest BCUT2D eigenvalue weighted by Crippen LogP contribution is -2.44. The van der Waals surface area contributed by atoms with Crippen molar-refractivity contribution in [2.75, 3.05) is 13.1 Å². The minimum absolute atomic E-state index is 0.0905. The number of sulfonamides is 1. The number of aromatic nitrogens is 2. The van der Waals surface area contributed by atoms with Crippen molar-refractivity contribution in [2.24, 2.45) is 0 Å². The summed E-state index contributed by atoms with van der Waals surface area (Å²) in [7, 11) is -3.72. The highest BCUT2D eigenvalue weighted by Gasteiger charge is 2.31. The number of hydrogen-bond acceptors (Lipinski definition) is 4. The highest BCUT2D eigenvalue weighted by atomic mass is 32.2. The smallest absolute Gasteiger partial charge is 0.299 e. The molecule has 1 fully saturated rings. The Bertz CT molecular complexity index is 1160. The second kappa shape index (κ2) is 9.05. The zero-order valence-electron chi connectivity index (χ0n) is 17.2. The molecule has 2 heterocycles. The van der Waals surface area contributed by atoms with Gasteiger partial charge in [0.05, 0.1) is 23.6 Å². The molecule has 0 atom stereocenters. The Kier molecular flexibility index (Phi) is 6.36. The number of hydrogen-bond donors (Lipinski definition) is 1. The molecular formula is C22H23F3N4O2S. The summed E-state index contributed by atoms with van der Waals surface area (Å²) in [5.41, 5.74) is 0.692. The minimum atomic E-state index is -4.37. The van der Waals surface area contributed by atoms with Crippen molar-refractivity contribution in [1.82, 2.24) is 19.4 Å². The van der Waals surface area contributed by atoms with Crippen molar-refractivity contribution in [2.45, 2.75) is 36.5 Å². The van der Waals surface area contributed by atoms with Crippen molar-refractivity contribution in [1.29, 1.82) is 0 Å². The van der Waals surface area contributed by atoms with Crippen molar-refractivity contribution < 1.29 is 21.6 Å². The monoisotopic (exact) mass is 464 g/mol. The van der Waals surface area contributed by atoms with E-state index in [-0.39, 0.29) is 10.9 Å². The maximum absolute atomic E-state index is 12.9. The Morgan fingerprint density at radius 3 is 2.44 bits per heavy atom. The number of nitrogens with one attached hydrogen (secondary N) is 1. The molecule has 0 spiro atoms. The predicted molar refractivity (Wildman–Crippen MR) is 114 cm³/mol. The van der Waals surface area contributed by atoms with Crippen LogP contribution in [0, 0.1) is 0 Å². The third kappa shape index (κ3) is 5.37. The molecule has 2 aromatic carbocycles. The summed E-state index contributed by atoms with van der Waals surface area (Å²) >= 11 is 0. The lowest BCUT2D eigenvalue weighted by molar-refractivity contribution is -0.137. The summed E-state index contributed by atoms with van der Waals surface area (Å²) in [6.45, 7) is 1.58. The van der Waals surface area contributed by atoms with E-state index in [4.69, 9.17) is 0 Å². The predicted octanol–water partition coefficient (Wildman–Crippen LogP) is 3.83. The van der Waals surface area contributed by atoms with Crippen LogP contribution >= 0.6 is 0 Å². The average Bonchev–Trinajstić information content (AvgIpc) is 3.27. The fourth-order valence-corrected chi connectivity index (χ4v) is 5.00. The standard InChI is InChI=1S/C22H23F3N4O2S/c23-22(24,25)18-6-4-5-17(13-18)15-28-11-9-19(10-12-28)27-32(30,31)21-14-26-29(16-21)20-7-2-1-3-8-20/h1-8,13-14,16,19,27H,9-12,15H2. The molecule has 0 bridgehead atoms. The van der Waals surface area contributed by atoms with Gasteiger partial charge in [-0.1, -0.05) is 36.4 Å². The number of halogens is 3. The van der Waals surface area contributed by atoms with Gasteiger partial charge in [-0.05, 0) is 36.6 Å². The Labute approximate surface area is 184 Å². The lowest BCUT2D eigenvalue weighted by atomic mass is 10.0. The van der Waals surface area contributed by atoms with Crippen molar-refractivity contribution in [3.05, 3.63) is 78.1 Å². The second-order valence-corrected chi connectivity index (χ2v) is 9.54. The maximum atomic E-state index is 12.9. The first kappa shape index (κ1) is 22.5. The van der Waals surface area contributed by atoms with Gasteiger partial charge in [0.1, 0.15) is 4.90 Å². The molecule has 32 heavy (non-hydrogen) atoms. The van der Waals surface area contributed by atoms with E-state index in [0.29, 0.717) is 38.0 Å². The topological polar surface area (TPSA) is 67.2 Å². The van der Waals surface area contributed by atoms with E-state index in [0.717, 1.165) is 11.8 Å². The van der Waals surface area contributed by atoms with Gasteiger partial charge < -0.3 is 0 Å². The molecule has 0 amide bonds. The van der Waals surface area contributed by atoms with Crippen LogP contribution in [0.3, 0.4) is 0 Å². The van der Waals surface area contributed by atoms with E-state index >= 15 is 0 Å². The third-order valence-electron chi connectivity index (χ3n) is 5.46. The van der Waals surface area contributed by atoms with Gasteiger partial charge in [-0.25, -0.2) is 17.8 Å². The van der Waals surface area contributed by atoms with Crippen LogP contribution in [0.25, 0.3) is 5.69 Å². The summed E-state index contributed by atoms with van der Waals surface area (Å²) in [5.74, 6) is 0. The minimum Gasteiger partial charge on any atom is -0.299 e. The fourth-order valence-electron chi connectivity index (χ4n) is 3.77. The van der Waals surface area contributed by atoms with E-state index in [9.17, 15) is 21.6 Å². The first-order chi connectivity index (χ1) is 15.2. The summed E-state index contributed by atoms with van der Waals surface area (Å²) in [4.78, 5) is 2.13. The van der Waals surface area contributed by atoms with E-state index in [1.165, 1.54) is 29.2 Å². The van der Waals surface area contributed by atoms with Gasteiger partial charge in [0.2, 0.25) is 10.0 Å². The first-order valence-electron chi connectivity index (χ1n) is 10.2. The number of piperidine rings is 1. The van der Waals surface area contributed by atoms with Crippen LogP contribution in [0.4, 0.5) is 13.2 Å². The SMILES string of the molecule is O=S(=O)(NC1CCN(Cc2cccc(C(F)(F)F)c2)CC1)c1cnn(-c2ccccc2)c1. The normalized spacial score (nSPS) is 16.3. The van der Waals surface area contributed by atoms with Gasteiger partial charge >= 0.3 is 6.18 Å². The van der Waals surface area contributed by atoms with Gasteiger partial charge in [-0.3, -0.25) is 4.90 Å². The number of likely N-dealkylation sites (tertiary alicyclic amines) is 1. The quantitative estimate of drug-likeness (QED) is 0.602. The van der Waals surface area contributed by atoms with Gasteiger partial charge in [0.15, 0.2) is 0 Å². The zero-order valence-corrected chi connectivity index (χ0v) is 18.0. The van der Waals surface area contributed by atoms with Crippen molar-refractivity contribution in [3.8, 4) is 5.69 Å². The number of rotatable bonds is 6. The summed E-state index contributed by atoms with van der Waals surface area (Å²) in [6.07, 6.45) is -0.426. The number of nitrogens with zero attached hydrogens (tertiary/aromatic N) is 3. The van der Waals surface area contributed by atoms with Crippen molar-refractivity contribution in [3.63, 3.8) is 0 Å². The second-order valence-electron chi connectivity index (χ2n) is 7.83. The van der Waals surface area contributed by atoms with Crippen LogP contribution in [-0.4, -0.2) is 42.2 Å². The molecule has 10 heteroatoms. The highest BCUT2D eigenvalue weighted by Crippen LogP contribution is 2.30. The largest absolute Gasteiger partial charge is 0.416 e. The Hall–Kier alpha value is -2.69. The van der Waals surface area contributed by atoms with Crippen LogP contribution in [0.2, 0.25) is 0 Å². The van der Waals surface area contributed by atoms with Gasteiger partial charge in [-0.15, -0.1) is 0 Å². The van der Waals surface area contributed by atoms with Crippen molar-refractivity contribution >= 4 is 10.0 Å². The number of alkyl halides is 3. The van der Waals surface area contributed by atoms with E-state index in [1.807, 2.05) is 35.2 Å². The van der Waals surface area contributed by atoms with Gasteiger partial charge in [-0.2, -0.15) is 18.3 Å². The van der Waals surface area contributed by atoms with Crippen LogP contribution in [0.15, 0.2) is 71.9 Å². The van der Waals surface area contributed by atoms with E-state index < -0.39 is 21.8 Å². The zero-order chi connectivity index (χ0) is 22.8.